The van der Waals surface area contributed by atoms with Crippen LogP contribution in [0.5, 0.6) is 0 Å². The lowest BCUT2D eigenvalue weighted by molar-refractivity contribution is 0.787. The van der Waals surface area contributed by atoms with Crippen LogP contribution in [0, 0.1) is 0 Å². The van der Waals surface area contributed by atoms with Crippen molar-refractivity contribution in [3.05, 3.63) is 76.7 Å². The molecule has 18 heavy (non-hydrogen) atoms. The maximum Gasteiger partial charge on any atom is 0.269 e. The number of benzene rings is 2. The molecule has 0 N–H and O–H groups in total. The number of rotatable bonds is 2. The summed E-state index contributed by atoms with van der Waals surface area (Å²) in [5.41, 5.74) is 2.75. The SMILES string of the molecule is O=c1cnc2ccccc2n1Cc1ccccc1. The zero-order chi connectivity index (χ0) is 12.4. The number of aromatic nitrogens is 2. The molecule has 0 bridgehead atoms. The Morgan fingerprint density at radius 1 is 0.944 bits per heavy atom. The molecule has 1 aromatic heterocycles. The molecule has 0 fully saturated rings. The number of para-hydroxylation sites is 2. The predicted molar refractivity (Wildman–Crippen MR) is 71.5 cm³/mol. The minimum absolute atomic E-state index is 0.0717. The van der Waals surface area contributed by atoms with Gasteiger partial charge in [0.1, 0.15) is 0 Å². The van der Waals surface area contributed by atoms with Crippen LogP contribution >= 0.6 is 0 Å². The van der Waals surface area contributed by atoms with Crippen LogP contribution in [0.25, 0.3) is 11.0 Å². The lowest BCUT2D eigenvalue weighted by Crippen LogP contribution is -2.20. The van der Waals surface area contributed by atoms with Crippen molar-refractivity contribution in [3.8, 4) is 0 Å². The molecule has 3 rings (SSSR count). The first-order valence-corrected chi connectivity index (χ1v) is 5.83. The first-order valence-electron chi connectivity index (χ1n) is 5.83. The van der Waals surface area contributed by atoms with Crippen molar-refractivity contribution >= 4 is 11.0 Å². The van der Waals surface area contributed by atoms with Gasteiger partial charge < -0.3 is 4.57 Å². The van der Waals surface area contributed by atoms with Gasteiger partial charge in [0.05, 0.1) is 23.8 Å². The monoisotopic (exact) mass is 236 g/mol. The summed E-state index contributed by atoms with van der Waals surface area (Å²) < 4.78 is 1.75. The lowest BCUT2D eigenvalue weighted by atomic mass is 10.2. The Bertz CT molecular complexity index is 732. The molecule has 0 aliphatic rings. The van der Waals surface area contributed by atoms with Crippen LogP contribution in [-0.2, 0) is 6.54 Å². The maximum atomic E-state index is 11.9. The van der Waals surface area contributed by atoms with Crippen molar-refractivity contribution in [1.82, 2.24) is 9.55 Å². The lowest BCUT2D eigenvalue weighted by Gasteiger charge is -2.09. The highest BCUT2D eigenvalue weighted by molar-refractivity contribution is 5.74. The van der Waals surface area contributed by atoms with E-state index in [2.05, 4.69) is 4.98 Å². The van der Waals surface area contributed by atoms with Crippen LogP contribution in [0.3, 0.4) is 0 Å². The normalized spacial score (nSPS) is 10.7. The fraction of sp³-hybridized carbons (Fsp3) is 0.0667. The molecule has 88 valence electrons. The molecule has 0 radical (unpaired) electrons. The van der Waals surface area contributed by atoms with Crippen molar-refractivity contribution in [1.29, 1.82) is 0 Å². The van der Waals surface area contributed by atoms with Gasteiger partial charge >= 0.3 is 0 Å². The molecule has 0 atom stereocenters. The number of hydrogen-bond acceptors (Lipinski definition) is 2. The second kappa shape index (κ2) is 4.45. The maximum absolute atomic E-state index is 11.9. The fourth-order valence-electron chi connectivity index (χ4n) is 2.04. The fourth-order valence-corrected chi connectivity index (χ4v) is 2.04. The first-order chi connectivity index (χ1) is 8.84. The molecule has 0 saturated heterocycles. The van der Waals surface area contributed by atoms with Gasteiger partial charge in [-0.3, -0.25) is 4.79 Å². The van der Waals surface area contributed by atoms with Gasteiger partial charge in [-0.15, -0.1) is 0 Å². The van der Waals surface area contributed by atoms with Gasteiger partial charge in [0, 0.05) is 0 Å². The Kier molecular flexibility index (Phi) is 2.65. The van der Waals surface area contributed by atoms with Gasteiger partial charge in [0.25, 0.3) is 5.56 Å². The summed E-state index contributed by atoms with van der Waals surface area (Å²) >= 11 is 0. The summed E-state index contributed by atoms with van der Waals surface area (Å²) in [6.07, 6.45) is 1.38. The predicted octanol–water partition coefficient (Wildman–Crippen LogP) is 2.44. The molecule has 3 heteroatoms. The summed E-state index contributed by atoms with van der Waals surface area (Å²) in [5.74, 6) is 0. The van der Waals surface area contributed by atoms with Crippen LogP contribution in [0.2, 0.25) is 0 Å². The second-order valence-electron chi connectivity index (χ2n) is 4.16. The molecule has 3 nitrogen and oxygen atoms in total. The smallest absolute Gasteiger partial charge is 0.269 e. The molecule has 0 amide bonds. The third kappa shape index (κ3) is 1.91. The van der Waals surface area contributed by atoms with E-state index in [9.17, 15) is 4.79 Å². The van der Waals surface area contributed by atoms with Crippen molar-refractivity contribution in [3.63, 3.8) is 0 Å². The standard InChI is InChI=1S/C15H12N2O/c18-15-10-16-13-8-4-5-9-14(13)17(15)11-12-6-2-1-3-7-12/h1-10H,11H2. The minimum Gasteiger partial charge on any atom is -0.301 e. The van der Waals surface area contributed by atoms with Crippen molar-refractivity contribution in [2.24, 2.45) is 0 Å². The Hall–Kier alpha value is -2.42. The Balaban J connectivity index is 2.16. The molecule has 0 spiro atoms. The van der Waals surface area contributed by atoms with Crippen molar-refractivity contribution in [2.75, 3.05) is 0 Å². The van der Waals surface area contributed by atoms with E-state index < -0.39 is 0 Å². The zero-order valence-corrected chi connectivity index (χ0v) is 9.78. The van der Waals surface area contributed by atoms with Gasteiger partial charge in [-0.05, 0) is 17.7 Å². The Morgan fingerprint density at radius 2 is 1.67 bits per heavy atom. The van der Waals surface area contributed by atoms with Crippen molar-refractivity contribution in [2.45, 2.75) is 6.54 Å². The van der Waals surface area contributed by atoms with Gasteiger partial charge in [-0.25, -0.2) is 4.98 Å². The average molecular weight is 236 g/mol. The molecule has 0 aliphatic carbocycles. The summed E-state index contributed by atoms with van der Waals surface area (Å²) in [5, 5.41) is 0. The van der Waals surface area contributed by atoms with E-state index in [0.717, 1.165) is 16.6 Å². The van der Waals surface area contributed by atoms with Crippen LogP contribution in [0.4, 0.5) is 0 Å². The molecule has 0 aliphatic heterocycles. The third-order valence-electron chi connectivity index (χ3n) is 2.94. The molecule has 0 unspecified atom stereocenters. The summed E-state index contributed by atoms with van der Waals surface area (Å²) in [4.78, 5) is 16.1. The van der Waals surface area contributed by atoms with E-state index in [1.807, 2.05) is 54.6 Å². The molecule has 0 saturated carbocycles. The Morgan fingerprint density at radius 3 is 2.50 bits per heavy atom. The van der Waals surface area contributed by atoms with Crippen LogP contribution < -0.4 is 5.56 Å². The van der Waals surface area contributed by atoms with Gasteiger partial charge in [-0.1, -0.05) is 42.5 Å². The van der Waals surface area contributed by atoms with Gasteiger partial charge in [0.15, 0.2) is 0 Å². The van der Waals surface area contributed by atoms with Crippen molar-refractivity contribution < 1.29 is 0 Å². The summed E-state index contributed by atoms with van der Waals surface area (Å²) in [7, 11) is 0. The van der Waals surface area contributed by atoms with Crippen LogP contribution in [0.1, 0.15) is 5.56 Å². The zero-order valence-electron chi connectivity index (χ0n) is 9.78. The molecule has 3 aromatic rings. The minimum atomic E-state index is -0.0717. The molecule has 1 heterocycles. The van der Waals surface area contributed by atoms with Crippen LogP contribution in [-0.4, -0.2) is 9.55 Å². The highest BCUT2D eigenvalue weighted by Gasteiger charge is 2.03. The largest absolute Gasteiger partial charge is 0.301 e. The molecular weight excluding hydrogens is 224 g/mol. The molecule has 2 aromatic carbocycles. The van der Waals surface area contributed by atoms with Crippen LogP contribution in [0.15, 0.2) is 65.6 Å². The summed E-state index contributed by atoms with van der Waals surface area (Å²) in [6, 6.07) is 17.6. The third-order valence-corrected chi connectivity index (χ3v) is 2.94. The van der Waals surface area contributed by atoms with E-state index in [1.165, 1.54) is 6.20 Å². The van der Waals surface area contributed by atoms with Gasteiger partial charge in [-0.2, -0.15) is 0 Å². The van der Waals surface area contributed by atoms with E-state index in [1.54, 1.807) is 4.57 Å². The number of hydrogen-bond donors (Lipinski definition) is 0. The molecular formula is C15H12N2O. The second-order valence-corrected chi connectivity index (χ2v) is 4.16. The number of fused-ring (bicyclic) bond motifs is 1. The van der Waals surface area contributed by atoms with Gasteiger partial charge in [0.2, 0.25) is 0 Å². The van der Waals surface area contributed by atoms with E-state index in [4.69, 9.17) is 0 Å². The average Bonchev–Trinajstić information content (AvgIpc) is 2.43. The number of nitrogens with zero attached hydrogens (tertiary/aromatic N) is 2. The van der Waals surface area contributed by atoms with E-state index in [-0.39, 0.29) is 5.56 Å². The van der Waals surface area contributed by atoms with E-state index in [0.29, 0.717) is 6.54 Å². The quantitative estimate of drug-likeness (QED) is 0.685. The highest BCUT2D eigenvalue weighted by atomic mass is 16.1. The summed E-state index contributed by atoms with van der Waals surface area (Å²) in [6.45, 7) is 0.572. The Labute approximate surface area is 104 Å². The van der Waals surface area contributed by atoms with E-state index >= 15 is 0 Å². The topological polar surface area (TPSA) is 34.9 Å². The highest BCUT2D eigenvalue weighted by Crippen LogP contribution is 2.10. The first kappa shape index (κ1) is 10.7.